The lowest BCUT2D eigenvalue weighted by atomic mass is 10.2. The Morgan fingerprint density at radius 3 is 2.48 bits per heavy atom. The van der Waals surface area contributed by atoms with E-state index in [-0.39, 0.29) is 6.54 Å². The molecule has 8 heteroatoms. The largest absolute Gasteiger partial charge is 0.493 e. The molecule has 0 fully saturated rings. The van der Waals surface area contributed by atoms with Crippen LogP contribution < -0.4 is 25.6 Å². The number of hydrogen-bond acceptors (Lipinski definition) is 5. The smallest absolute Gasteiger partial charge is 0.257 e. The molecule has 7 nitrogen and oxygen atoms in total. The first-order valence-electron chi connectivity index (χ1n) is 7.34. The van der Waals surface area contributed by atoms with Gasteiger partial charge in [-0.15, -0.1) is 0 Å². The zero-order valence-corrected chi connectivity index (χ0v) is 14.5. The van der Waals surface area contributed by atoms with Crippen LogP contribution in [-0.4, -0.2) is 32.6 Å². The van der Waals surface area contributed by atoms with E-state index in [2.05, 4.69) is 16.2 Å². The molecule has 0 bridgehead atoms. The molecular formula is C17H18ClN3O4. The van der Waals surface area contributed by atoms with Crippen LogP contribution in [0.2, 0.25) is 5.02 Å². The summed E-state index contributed by atoms with van der Waals surface area (Å²) in [5.74, 6) is 0.136. The Labute approximate surface area is 150 Å². The standard InChI is InChI=1S/C17H18ClN3O4/c1-24-14-7-6-11(8-15(14)25-2)17(23)19-10-16(22)21-20-13-5-3-4-12(18)9-13/h3-9,20H,10H2,1-2H3,(H,19,23)(H,21,22). The van der Waals surface area contributed by atoms with Crippen molar-refractivity contribution in [3.63, 3.8) is 0 Å². The second-order valence-electron chi connectivity index (χ2n) is 4.94. The summed E-state index contributed by atoms with van der Waals surface area (Å²) in [4.78, 5) is 23.9. The van der Waals surface area contributed by atoms with Gasteiger partial charge in [0.15, 0.2) is 11.5 Å². The molecule has 0 heterocycles. The van der Waals surface area contributed by atoms with Crippen LogP contribution in [0.3, 0.4) is 0 Å². The Morgan fingerprint density at radius 1 is 1.04 bits per heavy atom. The van der Waals surface area contributed by atoms with Crippen LogP contribution in [0.5, 0.6) is 11.5 Å². The number of methoxy groups -OCH3 is 2. The van der Waals surface area contributed by atoms with Gasteiger partial charge in [-0.3, -0.25) is 20.4 Å². The van der Waals surface area contributed by atoms with Crippen LogP contribution in [-0.2, 0) is 4.79 Å². The van der Waals surface area contributed by atoms with Crippen molar-refractivity contribution in [2.24, 2.45) is 0 Å². The van der Waals surface area contributed by atoms with Crippen molar-refractivity contribution in [3.8, 4) is 11.5 Å². The number of amides is 2. The second-order valence-corrected chi connectivity index (χ2v) is 5.37. The van der Waals surface area contributed by atoms with Crippen molar-refractivity contribution in [2.45, 2.75) is 0 Å². The van der Waals surface area contributed by atoms with Crippen LogP contribution in [0.1, 0.15) is 10.4 Å². The molecule has 0 aliphatic carbocycles. The predicted molar refractivity (Wildman–Crippen MR) is 95.1 cm³/mol. The maximum atomic E-state index is 12.1. The Bertz CT molecular complexity index is 767. The highest BCUT2D eigenvalue weighted by molar-refractivity contribution is 6.30. The van der Waals surface area contributed by atoms with Gasteiger partial charge in [0.2, 0.25) is 0 Å². The Hall–Kier alpha value is -2.93. The lowest BCUT2D eigenvalue weighted by Gasteiger charge is -2.11. The van der Waals surface area contributed by atoms with E-state index in [1.165, 1.54) is 20.3 Å². The Kier molecular flexibility index (Phi) is 6.47. The molecule has 0 aliphatic rings. The summed E-state index contributed by atoms with van der Waals surface area (Å²) in [6.07, 6.45) is 0. The molecule has 2 rings (SSSR count). The summed E-state index contributed by atoms with van der Waals surface area (Å²) in [6.45, 7) is -0.194. The molecule has 0 radical (unpaired) electrons. The van der Waals surface area contributed by atoms with Gasteiger partial charge in [0.25, 0.3) is 11.8 Å². The molecule has 3 N–H and O–H groups in total. The van der Waals surface area contributed by atoms with Crippen LogP contribution >= 0.6 is 11.6 Å². The molecule has 2 aromatic carbocycles. The van der Waals surface area contributed by atoms with E-state index < -0.39 is 11.8 Å². The molecular weight excluding hydrogens is 346 g/mol. The number of carbonyl (C=O) groups excluding carboxylic acids is 2. The quantitative estimate of drug-likeness (QED) is 0.656. The van der Waals surface area contributed by atoms with Gasteiger partial charge in [0.1, 0.15) is 0 Å². The minimum atomic E-state index is -0.409. The maximum Gasteiger partial charge on any atom is 0.257 e. The van der Waals surface area contributed by atoms with Crippen molar-refractivity contribution in [3.05, 3.63) is 53.1 Å². The summed E-state index contributed by atoms with van der Waals surface area (Å²) in [7, 11) is 2.99. The first-order chi connectivity index (χ1) is 12.0. The third kappa shape index (κ3) is 5.29. The molecule has 132 valence electrons. The Morgan fingerprint density at radius 2 is 1.80 bits per heavy atom. The first-order valence-corrected chi connectivity index (χ1v) is 7.72. The minimum absolute atomic E-state index is 0.194. The summed E-state index contributed by atoms with van der Waals surface area (Å²) in [5, 5.41) is 3.06. The van der Waals surface area contributed by atoms with Gasteiger partial charge in [0.05, 0.1) is 26.5 Å². The van der Waals surface area contributed by atoms with Crippen molar-refractivity contribution >= 4 is 29.1 Å². The lowest BCUT2D eigenvalue weighted by molar-refractivity contribution is -0.119. The molecule has 2 amide bonds. The van der Waals surface area contributed by atoms with E-state index in [4.69, 9.17) is 21.1 Å². The molecule has 0 saturated carbocycles. The number of nitrogens with one attached hydrogen (secondary N) is 3. The molecule has 0 unspecified atom stereocenters. The molecule has 0 atom stereocenters. The number of anilines is 1. The summed E-state index contributed by atoms with van der Waals surface area (Å²) < 4.78 is 10.3. The zero-order valence-electron chi connectivity index (χ0n) is 13.8. The number of halogens is 1. The summed E-state index contributed by atoms with van der Waals surface area (Å²) in [5.41, 5.74) is 6.16. The van der Waals surface area contributed by atoms with E-state index in [0.717, 1.165) is 0 Å². The minimum Gasteiger partial charge on any atom is -0.493 e. The average molecular weight is 364 g/mol. The number of benzene rings is 2. The van der Waals surface area contributed by atoms with E-state index in [1.807, 2.05) is 0 Å². The number of rotatable bonds is 7. The van der Waals surface area contributed by atoms with E-state index in [1.54, 1.807) is 36.4 Å². The third-order valence-corrected chi connectivity index (χ3v) is 3.46. The molecule has 2 aromatic rings. The molecule has 0 aromatic heterocycles. The number of ether oxygens (including phenoxy) is 2. The van der Waals surface area contributed by atoms with Crippen molar-refractivity contribution < 1.29 is 19.1 Å². The highest BCUT2D eigenvalue weighted by atomic mass is 35.5. The van der Waals surface area contributed by atoms with E-state index in [0.29, 0.717) is 27.8 Å². The predicted octanol–water partition coefficient (Wildman–Crippen LogP) is 2.23. The van der Waals surface area contributed by atoms with Gasteiger partial charge in [-0.25, -0.2) is 0 Å². The van der Waals surface area contributed by atoms with Crippen molar-refractivity contribution in [2.75, 3.05) is 26.2 Å². The number of carbonyl (C=O) groups is 2. The van der Waals surface area contributed by atoms with Crippen LogP contribution in [0, 0.1) is 0 Å². The first kappa shape index (κ1) is 18.4. The van der Waals surface area contributed by atoms with Crippen molar-refractivity contribution in [1.29, 1.82) is 0 Å². The number of hydrogen-bond donors (Lipinski definition) is 3. The van der Waals surface area contributed by atoms with Crippen molar-refractivity contribution in [1.82, 2.24) is 10.7 Å². The fourth-order valence-corrected chi connectivity index (χ4v) is 2.18. The van der Waals surface area contributed by atoms with Gasteiger partial charge in [0, 0.05) is 10.6 Å². The molecule has 25 heavy (non-hydrogen) atoms. The van der Waals surface area contributed by atoms with Gasteiger partial charge in [-0.1, -0.05) is 17.7 Å². The molecule has 0 spiro atoms. The summed E-state index contributed by atoms with van der Waals surface area (Å²) >= 11 is 5.85. The highest BCUT2D eigenvalue weighted by Crippen LogP contribution is 2.27. The van der Waals surface area contributed by atoms with Crippen LogP contribution in [0.4, 0.5) is 5.69 Å². The third-order valence-electron chi connectivity index (χ3n) is 3.23. The maximum absolute atomic E-state index is 12.1. The normalized spacial score (nSPS) is 9.88. The summed E-state index contributed by atoms with van der Waals surface area (Å²) in [6, 6.07) is 11.6. The molecule has 0 saturated heterocycles. The van der Waals surface area contributed by atoms with E-state index >= 15 is 0 Å². The Balaban J connectivity index is 1.85. The van der Waals surface area contributed by atoms with Crippen LogP contribution in [0.25, 0.3) is 0 Å². The number of hydrazine groups is 1. The second kappa shape index (κ2) is 8.79. The monoisotopic (exact) mass is 363 g/mol. The van der Waals surface area contributed by atoms with Gasteiger partial charge < -0.3 is 14.8 Å². The van der Waals surface area contributed by atoms with Gasteiger partial charge >= 0.3 is 0 Å². The molecule has 0 aliphatic heterocycles. The zero-order chi connectivity index (χ0) is 18.2. The fraction of sp³-hybridized carbons (Fsp3) is 0.176. The fourth-order valence-electron chi connectivity index (χ4n) is 1.99. The lowest BCUT2D eigenvalue weighted by Crippen LogP contribution is -2.39. The average Bonchev–Trinajstić information content (AvgIpc) is 2.63. The topological polar surface area (TPSA) is 88.7 Å². The van der Waals surface area contributed by atoms with E-state index in [9.17, 15) is 9.59 Å². The highest BCUT2D eigenvalue weighted by Gasteiger charge is 2.11. The van der Waals surface area contributed by atoms with Gasteiger partial charge in [-0.05, 0) is 36.4 Å². The van der Waals surface area contributed by atoms with Crippen LogP contribution in [0.15, 0.2) is 42.5 Å². The van der Waals surface area contributed by atoms with Gasteiger partial charge in [-0.2, -0.15) is 0 Å². The SMILES string of the molecule is COc1ccc(C(=O)NCC(=O)NNc2cccc(Cl)c2)cc1OC.